The Labute approximate surface area is 106 Å². The summed E-state index contributed by atoms with van der Waals surface area (Å²) in [5, 5.41) is 2.98. The number of amides is 1. The monoisotopic (exact) mass is 253 g/mol. The SMILES string of the molecule is Cc1cc(C(=O)NCC[C@H]2CCOC2)sc1C. The second-order valence-corrected chi connectivity index (χ2v) is 5.88. The number of aryl methyl sites for hydroxylation is 2. The molecule has 1 aliphatic rings. The first kappa shape index (κ1) is 12.6. The molecular weight excluding hydrogens is 234 g/mol. The number of carbonyl (C=O) groups is 1. The smallest absolute Gasteiger partial charge is 0.261 e. The van der Waals surface area contributed by atoms with Gasteiger partial charge in [-0.3, -0.25) is 4.79 Å². The maximum Gasteiger partial charge on any atom is 0.261 e. The van der Waals surface area contributed by atoms with Gasteiger partial charge in [0.15, 0.2) is 0 Å². The Hall–Kier alpha value is -0.870. The first-order valence-electron chi connectivity index (χ1n) is 6.10. The molecule has 1 amide bonds. The molecule has 4 heteroatoms. The van der Waals surface area contributed by atoms with Crippen LogP contribution in [0.25, 0.3) is 0 Å². The lowest BCUT2D eigenvalue weighted by Crippen LogP contribution is -2.25. The van der Waals surface area contributed by atoms with E-state index in [4.69, 9.17) is 4.74 Å². The van der Waals surface area contributed by atoms with Crippen LogP contribution in [0.2, 0.25) is 0 Å². The average Bonchev–Trinajstić information content (AvgIpc) is 2.90. The van der Waals surface area contributed by atoms with Crippen molar-refractivity contribution in [3.05, 3.63) is 21.4 Å². The van der Waals surface area contributed by atoms with Gasteiger partial charge < -0.3 is 10.1 Å². The average molecular weight is 253 g/mol. The van der Waals surface area contributed by atoms with Crippen molar-refractivity contribution in [1.82, 2.24) is 5.32 Å². The minimum absolute atomic E-state index is 0.0603. The normalized spacial score (nSPS) is 19.5. The van der Waals surface area contributed by atoms with Crippen LogP contribution in [0.5, 0.6) is 0 Å². The molecule has 1 atom stereocenters. The number of hydrogen-bond acceptors (Lipinski definition) is 3. The molecule has 3 nitrogen and oxygen atoms in total. The molecule has 1 aromatic heterocycles. The van der Waals surface area contributed by atoms with Crippen LogP contribution in [0, 0.1) is 19.8 Å². The molecule has 1 saturated heterocycles. The van der Waals surface area contributed by atoms with E-state index in [1.807, 2.05) is 19.9 Å². The fraction of sp³-hybridized carbons (Fsp3) is 0.615. The molecule has 2 rings (SSSR count). The Morgan fingerprint density at radius 1 is 1.59 bits per heavy atom. The van der Waals surface area contributed by atoms with Gasteiger partial charge in [0, 0.05) is 24.6 Å². The zero-order valence-corrected chi connectivity index (χ0v) is 11.2. The topological polar surface area (TPSA) is 38.3 Å². The fourth-order valence-corrected chi connectivity index (χ4v) is 2.92. The third-order valence-corrected chi connectivity index (χ3v) is 4.40. The van der Waals surface area contributed by atoms with Gasteiger partial charge in [-0.2, -0.15) is 0 Å². The third kappa shape index (κ3) is 3.30. The zero-order valence-electron chi connectivity index (χ0n) is 10.4. The van der Waals surface area contributed by atoms with Gasteiger partial charge in [-0.15, -0.1) is 11.3 Å². The molecule has 0 aromatic carbocycles. The summed E-state index contributed by atoms with van der Waals surface area (Å²) in [7, 11) is 0. The van der Waals surface area contributed by atoms with Crippen LogP contribution in [0.1, 0.15) is 33.0 Å². The highest BCUT2D eigenvalue weighted by atomic mass is 32.1. The summed E-state index contributed by atoms with van der Waals surface area (Å²) in [5.41, 5.74) is 1.20. The molecule has 0 bridgehead atoms. The second kappa shape index (κ2) is 5.65. The van der Waals surface area contributed by atoms with Gasteiger partial charge in [-0.25, -0.2) is 0 Å². The highest BCUT2D eigenvalue weighted by Gasteiger charge is 2.16. The lowest BCUT2D eigenvalue weighted by molar-refractivity contribution is 0.0954. The number of rotatable bonds is 4. The van der Waals surface area contributed by atoms with E-state index in [9.17, 15) is 4.79 Å². The Balaban J connectivity index is 1.76. The van der Waals surface area contributed by atoms with E-state index in [1.54, 1.807) is 11.3 Å². The predicted molar refractivity (Wildman–Crippen MR) is 69.7 cm³/mol. The van der Waals surface area contributed by atoms with E-state index in [1.165, 1.54) is 10.4 Å². The van der Waals surface area contributed by atoms with Crippen molar-refractivity contribution in [2.45, 2.75) is 26.7 Å². The fourth-order valence-electron chi connectivity index (χ4n) is 1.97. The molecular formula is C13H19NO2S. The largest absolute Gasteiger partial charge is 0.381 e. The van der Waals surface area contributed by atoms with E-state index in [-0.39, 0.29) is 5.91 Å². The highest BCUT2D eigenvalue weighted by Crippen LogP contribution is 2.20. The molecule has 1 aromatic rings. The third-order valence-electron chi connectivity index (χ3n) is 3.25. The molecule has 2 heterocycles. The van der Waals surface area contributed by atoms with Crippen molar-refractivity contribution in [1.29, 1.82) is 0 Å². The van der Waals surface area contributed by atoms with Crippen molar-refractivity contribution >= 4 is 17.2 Å². The Kier molecular flexibility index (Phi) is 4.18. The summed E-state index contributed by atoms with van der Waals surface area (Å²) in [4.78, 5) is 13.9. The van der Waals surface area contributed by atoms with Gasteiger partial charge in [0.25, 0.3) is 5.91 Å². The van der Waals surface area contributed by atoms with Crippen molar-refractivity contribution in [3.8, 4) is 0 Å². The molecule has 0 radical (unpaired) electrons. The lowest BCUT2D eigenvalue weighted by atomic mass is 10.1. The molecule has 1 aliphatic heterocycles. The highest BCUT2D eigenvalue weighted by molar-refractivity contribution is 7.14. The lowest BCUT2D eigenvalue weighted by Gasteiger charge is -2.07. The number of ether oxygens (including phenoxy) is 1. The van der Waals surface area contributed by atoms with Crippen molar-refractivity contribution in [2.75, 3.05) is 19.8 Å². The quantitative estimate of drug-likeness (QED) is 0.895. The van der Waals surface area contributed by atoms with Crippen LogP contribution in [0.4, 0.5) is 0 Å². The number of carbonyl (C=O) groups excluding carboxylic acids is 1. The Bertz CT molecular complexity index is 375. The van der Waals surface area contributed by atoms with Gasteiger partial charge >= 0.3 is 0 Å². The molecule has 0 aliphatic carbocycles. The summed E-state index contributed by atoms with van der Waals surface area (Å²) in [6, 6.07) is 1.97. The van der Waals surface area contributed by atoms with Gasteiger partial charge in [-0.1, -0.05) is 0 Å². The summed E-state index contributed by atoms with van der Waals surface area (Å²) in [6.45, 7) is 6.57. The maximum absolute atomic E-state index is 11.9. The molecule has 1 N–H and O–H groups in total. The molecule has 0 spiro atoms. The first-order chi connectivity index (χ1) is 8.16. The van der Waals surface area contributed by atoms with E-state index in [0.29, 0.717) is 5.92 Å². The second-order valence-electron chi connectivity index (χ2n) is 4.62. The molecule has 0 unspecified atom stereocenters. The minimum Gasteiger partial charge on any atom is -0.381 e. The van der Waals surface area contributed by atoms with Crippen molar-refractivity contribution in [2.24, 2.45) is 5.92 Å². The van der Waals surface area contributed by atoms with Gasteiger partial charge in [0.05, 0.1) is 4.88 Å². The predicted octanol–water partition coefficient (Wildman–Crippen LogP) is 2.52. The summed E-state index contributed by atoms with van der Waals surface area (Å²) >= 11 is 1.57. The van der Waals surface area contributed by atoms with E-state index < -0.39 is 0 Å². The molecule has 94 valence electrons. The Morgan fingerprint density at radius 3 is 3.00 bits per heavy atom. The summed E-state index contributed by atoms with van der Waals surface area (Å²) in [6.07, 6.45) is 2.15. The van der Waals surface area contributed by atoms with Crippen molar-refractivity contribution in [3.63, 3.8) is 0 Å². The van der Waals surface area contributed by atoms with Crippen LogP contribution >= 0.6 is 11.3 Å². The van der Waals surface area contributed by atoms with E-state index in [0.717, 1.165) is 37.5 Å². The summed E-state index contributed by atoms with van der Waals surface area (Å²) < 4.78 is 5.31. The summed E-state index contributed by atoms with van der Waals surface area (Å²) in [5.74, 6) is 0.687. The van der Waals surface area contributed by atoms with Gasteiger partial charge in [0.1, 0.15) is 0 Å². The van der Waals surface area contributed by atoms with E-state index in [2.05, 4.69) is 5.32 Å². The van der Waals surface area contributed by atoms with Gasteiger partial charge in [0.2, 0.25) is 0 Å². The Morgan fingerprint density at radius 2 is 2.41 bits per heavy atom. The van der Waals surface area contributed by atoms with Gasteiger partial charge in [-0.05, 0) is 44.2 Å². The van der Waals surface area contributed by atoms with Crippen LogP contribution < -0.4 is 5.32 Å². The van der Waals surface area contributed by atoms with Crippen LogP contribution in [-0.4, -0.2) is 25.7 Å². The van der Waals surface area contributed by atoms with Crippen LogP contribution in [-0.2, 0) is 4.74 Å². The number of nitrogens with one attached hydrogen (secondary N) is 1. The minimum atomic E-state index is 0.0603. The van der Waals surface area contributed by atoms with E-state index >= 15 is 0 Å². The standard InChI is InChI=1S/C13H19NO2S/c1-9-7-12(17-10(9)2)13(15)14-5-3-11-4-6-16-8-11/h7,11H,3-6,8H2,1-2H3,(H,14,15)/t11-/m0/s1. The first-order valence-corrected chi connectivity index (χ1v) is 6.91. The maximum atomic E-state index is 11.9. The molecule has 1 fully saturated rings. The zero-order chi connectivity index (χ0) is 12.3. The number of thiophene rings is 1. The van der Waals surface area contributed by atoms with Crippen molar-refractivity contribution < 1.29 is 9.53 Å². The van der Waals surface area contributed by atoms with Crippen LogP contribution in [0.15, 0.2) is 6.07 Å². The number of hydrogen-bond donors (Lipinski definition) is 1. The van der Waals surface area contributed by atoms with Crippen LogP contribution in [0.3, 0.4) is 0 Å². The molecule has 0 saturated carbocycles. The molecule has 17 heavy (non-hydrogen) atoms.